The van der Waals surface area contributed by atoms with Crippen LogP contribution < -0.4 is 10.1 Å². The van der Waals surface area contributed by atoms with E-state index in [1.54, 1.807) is 4.90 Å². The van der Waals surface area contributed by atoms with Gasteiger partial charge in [-0.15, -0.1) is 0 Å². The second-order valence-electron chi connectivity index (χ2n) is 8.16. The third-order valence-corrected chi connectivity index (χ3v) is 4.78. The number of para-hydroxylation sites is 1. The van der Waals surface area contributed by atoms with Gasteiger partial charge in [0, 0.05) is 31.2 Å². The molecule has 2 rings (SSSR count). The van der Waals surface area contributed by atoms with Crippen LogP contribution in [0.4, 0.5) is 4.79 Å². The standard InChI is InChI=1S/C21H34N2O3.BH3O2/c1-6-25-19-10-8-7-9-16(19)15-22-17-11-13-18(14-12-17)23(5)20(24)26-21(2,3)4;2-1-3/h7-10,17-18,22H,6,11-15H2,1-5H3;1-3H. The lowest BCUT2D eigenvalue weighted by Crippen LogP contribution is -2.44. The molecule has 0 bridgehead atoms. The van der Waals surface area contributed by atoms with E-state index in [4.69, 9.17) is 19.5 Å². The molecule has 0 saturated heterocycles. The molecule has 1 saturated carbocycles. The van der Waals surface area contributed by atoms with Gasteiger partial charge in [-0.05, 0) is 59.4 Å². The Hall–Kier alpha value is -1.77. The van der Waals surface area contributed by atoms with Crippen LogP contribution in [0.1, 0.15) is 58.9 Å². The average Bonchev–Trinajstić information content (AvgIpc) is 2.67. The van der Waals surface area contributed by atoms with Crippen molar-refractivity contribution in [3.8, 4) is 5.75 Å². The SMILES string of the molecule is CCOc1ccccc1CNC1CCC(N(C)C(=O)OC(C)(C)C)CC1.OBO. The zero-order valence-electron chi connectivity index (χ0n) is 18.5. The maximum atomic E-state index is 12.2. The van der Waals surface area contributed by atoms with Crippen LogP contribution in [0.5, 0.6) is 5.75 Å². The molecular weight excluding hydrogens is 371 g/mol. The summed E-state index contributed by atoms with van der Waals surface area (Å²) in [5.41, 5.74) is 0.750. The molecule has 0 spiro atoms. The Morgan fingerprint density at radius 1 is 1.21 bits per heavy atom. The van der Waals surface area contributed by atoms with E-state index in [-0.39, 0.29) is 12.1 Å². The number of ether oxygens (including phenoxy) is 2. The van der Waals surface area contributed by atoms with E-state index in [1.807, 2.05) is 52.9 Å². The van der Waals surface area contributed by atoms with Crippen LogP contribution in [-0.2, 0) is 11.3 Å². The molecule has 164 valence electrons. The van der Waals surface area contributed by atoms with Gasteiger partial charge in [0.1, 0.15) is 11.4 Å². The Morgan fingerprint density at radius 3 is 2.34 bits per heavy atom. The Labute approximate surface area is 175 Å². The number of hydrogen-bond donors (Lipinski definition) is 3. The minimum atomic E-state index is -0.750. The molecule has 0 aromatic heterocycles. The van der Waals surface area contributed by atoms with Crippen LogP contribution in [0, 0.1) is 0 Å². The number of amides is 1. The van der Waals surface area contributed by atoms with E-state index in [0.29, 0.717) is 12.6 Å². The number of rotatable bonds is 6. The smallest absolute Gasteiger partial charge is 0.432 e. The molecule has 7 nitrogen and oxygen atoms in total. The number of nitrogens with one attached hydrogen (secondary N) is 1. The third kappa shape index (κ3) is 9.52. The molecule has 0 aliphatic heterocycles. The molecule has 8 heteroatoms. The average molecular weight is 408 g/mol. The van der Waals surface area contributed by atoms with Crippen LogP contribution in [0.3, 0.4) is 0 Å². The van der Waals surface area contributed by atoms with Crippen molar-refractivity contribution < 1.29 is 24.3 Å². The fourth-order valence-corrected chi connectivity index (χ4v) is 3.35. The quantitative estimate of drug-likeness (QED) is 0.627. The minimum Gasteiger partial charge on any atom is -0.494 e. The summed E-state index contributed by atoms with van der Waals surface area (Å²) in [7, 11) is 1.10. The predicted molar refractivity (Wildman–Crippen MR) is 116 cm³/mol. The topological polar surface area (TPSA) is 91.3 Å². The van der Waals surface area contributed by atoms with Gasteiger partial charge >= 0.3 is 13.8 Å². The molecule has 0 atom stereocenters. The van der Waals surface area contributed by atoms with Crippen LogP contribution in [0.2, 0.25) is 0 Å². The molecule has 1 aliphatic rings. The van der Waals surface area contributed by atoms with Crippen LogP contribution in [-0.4, -0.2) is 60.1 Å². The first-order valence-corrected chi connectivity index (χ1v) is 10.3. The summed E-state index contributed by atoms with van der Waals surface area (Å²) in [6.45, 7) is 9.21. The number of carbonyl (C=O) groups is 1. The highest BCUT2D eigenvalue weighted by Gasteiger charge is 2.29. The van der Waals surface area contributed by atoms with Gasteiger partial charge in [-0.1, -0.05) is 18.2 Å². The van der Waals surface area contributed by atoms with Crippen molar-refractivity contribution in [1.82, 2.24) is 10.2 Å². The molecule has 29 heavy (non-hydrogen) atoms. The third-order valence-electron chi connectivity index (χ3n) is 4.78. The van der Waals surface area contributed by atoms with E-state index < -0.39 is 13.3 Å². The second-order valence-corrected chi connectivity index (χ2v) is 8.16. The molecule has 3 N–H and O–H groups in total. The number of nitrogens with zero attached hydrogens (tertiary/aromatic N) is 1. The molecule has 1 amide bonds. The Balaban J connectivity index is 0.00000132. The molecule has 1 aromatic rings. The molecular formula is C21H37BN2O5. The van der Waals surface area contributed by atoms with Gasteiger partial charge in [0.2, 0.25) is 0 Å². The number of benzene rings is 1. The summed E-state index contributed by atoms with van der Waals surface area (Å²) >= 11 is 0. The summed E-state index contributed by atoms with van der Waals surface area (Å²) in [4.78, 5) is 14.0. The predicted octanol–water partition coefficient (Wildman–Crippen LogP) is 2.59. The first kappa shape index (κ1) is 25.3. The summed E-state index contributed by atoms with van der Waals surface area (Å²) < 4.78 is 11.2. The Morgan fingerprint density at radius 2 is 1.79 bits per heavy atom. The van der Waals surface area contributed by atoms with Crippen molar-refractivity contribution in [2.24, 2.45) is 0 Å². The van der Waals surface area contributed by atoms with Crippen molar-refractivity contribution in [3.05, 3.63) is 29.8 Å². The Bertz CT molecular complexity index is 601. The van der Waals surface area contributed by atoms with Gasteiger partial charge < -0.3 is 29.7 Å². The van der Waals surface area contributed by atoms with E-state index in [2.05, 4.69) is 11.4 Å². The van der Waals surface area contributed by atoms with Crippen molar-refractivity contribution >= 4 is 13.8 Å². The van der Waals surface area contributed by atoms with Gasteiger partial charge in [0.25, 0.3) is 0 Å². The largest absolute Gasteiger partial charge is 0.494 e. The highest BCUT2D eigenvalue weighted by atomic mass is 16.6. The van der Waals surface area contributed by atoms with Crippen LogP contribution in [0.25, 0.3) is 0 Å². The van der Waals surface area contributed by atoms with E-state index >= 15 is 0 Å². The molecule has 1 fully saturated rings. The lowest BCUT2D eigenvalue weighted by atomic mass is 9.90. The summed E-state index contributed by atoms with van der Waals surface area (Å²) in [6.07, 6.45) is 3.91. The summed E-state index contributed by atoms with van der Waals surface area (Å²) in [5.74, 6) is 0.959. The van der Waals surface area contributed by atoms with Gasteiger partial charge in [-0.25, -0.2) is 4.79 Å². The molecule has 0 heterocycles. The molecule has 0 radical (unpaired) electrons. The Kier molecular flexibility index (Phi) is 11.1. The zero-order valence-corrected chi connectivity index (χ0v) is 18.5. The molecule has 1 aromatic carbocycles. The molecule has 0 unspecified atom stereocenters. The van der Waals surface area contributed by atoms with Crippen molar-refractivity contribution in [2.75, 3.05) is 13.7 Å². The number of carbonyl (C=O) groups excluding carboxylic acids is 1. The first-order chi connectivity index (χ1) is 13.7. The lowest BCUT2D eigenvalue weighted by molar-refractivity contribution is 0.0179. The zero-order chi connectivity index (χ0) is 21.9. The van der Waals surface area contributed by atoms with E-state index in [1.165, 1.54) is 5.56 Å². The summed E-state index contributed by atoms with van der Waals surface area (Å²) in [6, 6.07) is 8.93. The van der Waals surface area contributed by atoms with E-state index in [0.717, 1.165) is 38.0 Å². The van der Waals surface area contributed by atoms with Crippen molar-refractivity contribution in [1.29, 1.82) is 0 Å². The van der Waals surface area contributed by atoms with Crippen LogP contribution >= 0.6 is 0 Å². The number of hydrogen-bond acceptors (Lipinski definition) is 6. The van der Waals surface area contributed by atoms with Gasteiger partial charge in [-0.3, -0.25) is 0 Å². The fourth-order valence-electron chi connectivity index (χ4n) is 3.35. The van der Waals surface area contributed by atoms with Crippen molar-refractivity contribution in [2.45, 2.75) is 77.6 Å². The molecule has 1 aliphatic carbocycles. The highest BCUT2D eigenvalue weighted by Crippen LogP contribution is 2.25. The normalized spacial score (nSPS) is 18.9. The van der Waals surface area contributed by atoms with Crippen LogP contribution in [0.15, 0.2) is 24.3 Å². The van der Waals surface area contributed by atoms with Gasteiger partial charge in [-0.2, -0.15) is 0 Å². The maximum absolute atomic E-state index is 12.2. The van der Waals surface area contributed by atoms with Gasteiger partial charge in [0.15, 0.2) is 0 Å². The minimum absolute atomic E-state index is 0.223. The fraction of sp³-hybridized carbons (Fsp3) is 0.667. The van der Waals surface area contributed by atoms with Crippen molar-refractivity contribution in [3.63, 3.8) is 0 Å². The van der Waals surface area contributed by atoms with Gasteiger partial charge in [0.05, 0.1) is 6.61 Å². The van der Waals surface area contributed by atoms with E-state index in [9.17, 15) is 4.79 Å². The maximum Gasteiger partial charge on any atom is 0.432 e. The lowest BCUT2D eigenvalue weighted by Gasteiger charge is -2.35. The first-order valence-electron chi connectivity index (χ1n) is 10.3. The summed E-state index contributed by atoms with van der Waals surface area (Å²) in [5, 5.41) is 17.9. The monoisotopic (exact) mass is 408 g/mol. The highest BCUT2D eigenvalue weighted by molar-refractivity contribution is 6.13. The second kappa shape index (κ2) is 12.7.